The van der Waals surface area contributed by atoms with Crippen molar-refractivity contribution < 1.29 is 9.90 Å². The van der Waals surface area contributed by atoms with Crippen molar-refractivity contribution in [2.75, 3.05) is 7.05 Å². The molecule has 0 heterocycles. The maximum absolute atomic E-state index is 12.9. The van der Waals surface area contributed by atoms with Crippen LogP contribution in [-0.4, -0.2) is 34.6 Å². The van der Waals surface area contributed by atoms with E-state index in [1.165, 1.54) is 0 Å². The van der Waals surface area contributed by atoms with Gasteiger partial charge in [-0.05, 0) is 43.2 Å². The molecule has 0 radical (unpaired) electrons. The SMILES string of the molecule is CN(C(=O)c1ccccc1)[C@]1(C)[C@H]2CC[C@@H]([C@@H]2O)C1(C)C. The number of fused-ring (bicyclic) bond motifs is 2. The molecule has 0 aromatic heterocycles. The van der Waals surface area contributed by atoms with Gasteiger partial charge in [0.1, 0.15) is 0 Å². The van der Waals surface area contributed by atoms with E-state index in [-0.39, 0.29) is 28.9 Å². The zero-order valence-electron chi connectivity index (χ0n) is 13.3. The molecule has 0 spiro atoms. The van der Waals surface area contributed by atoms with Crippen LogP contribution in [0.3, 0.4) is 0 Å². The Kier molecular flexibility index (Phi) is 3.17. The smallest absolute Gasteiger partial charge is 0.254 e. The molecule has 2 aliphatic carbocycles. The summed E-state index contributed by atoms with van der Waals surface area (Å²) in [4.78, 5) is 14.7. The topological polar surface area (TPSA) is 40.5 Å². The molecule has 2 fully saturated rings. The van der Waals surface area contributed by atoms with E-state index in [2.05, 4.69) is 20.8 Å². The summed E-state index contributed by atoms with van der Waals surface area (Å²) >= 11 is 0. The number of rotatable bonds is 2. The van der Waals surface area contributed by atoms with E-state index in [0.29, 0.717) is 11.5 Å². The quantitative estimate of drug-likeness (QED) is 0.908. The molecule has 114 valence electrons. The van der Waals surface area contributed by atoms with Crippen LogP contribution in [0.15, 0.2) is 30.3 Å². The predicted octanol–water partition coefficient (Wildman–Crippen LogP) is 2.94. The Morgan fingerprint density at radius 3 is 2.24 bits per heavy atom. The lowest BCUT2D eigenvalue weighted by Crippen LogP contribution is -2.59. The fourth-order valence-electron chi connectivity index (χ4n) is 4.90. The van der Waals surface area contributed by atoms with Gasteiger partial charge in [0.2, 0.25) is 0 Å². The minimum atomic E-state index is -0.303. The first-order valence-corrected chi connectivity index (χ1v) is 7.83. The molecule has 2 saturated carbocycles. The first-order chi connectivity index (χ1) is 9.81. The monoisotopic (exact) mass is 287 g/mol. The highest BCUT2D eigenvalue weighted by molar-refractivity contribution is 5.94. The van der Waals surface area contributed by atoms with Crippen LogP contribution < -0.4 is 0 Å². The molecule has 2 bridgehead atoms. The number of carbonyl (C=O) groups excluding carboxylic acids is 1. The highest BCUT2D eigenvalue weighted by Crippen LogP contribution is 2.63. The van der Waals surface area contributed by atoms with Gasteiger partial charge in [0.05, 0.1) is 11.6 Å². The van der Waals surface area contributed by atoms with E-state index in [9.17, 15) is 9.90 Å². The van der Waals surface area contributed by atoms with Gasteiger partial charge in [0, 0.05) is 18.5 Å². The summed E-state index contributed by atoms with van der Waals surface area (Å²) in [5.41, 5.74) is 0.339. The number of carbonyl (C=O) groups is 1. The third-order valence-corrected chi connectivity index (χ3v) is 6.59. The second-order valence-electron chi connectivity index (χ2n) is 7.38. The van der Waals surface area contributed by atoms with Crippen LogP contribution in [0.25, 0.3) is 0 Å². The average molecular weight is 287 g/mol. The van der Waals surface area contributed by atoms with Gasteiger partial charge in [-0.25, -0.2) is 0 Å². The molecule has 0 saturated heterocycles. The number of aliphatic hydroxyl groups excluding tert-OH is 1. The lowest BCUT2D eigenvalue weighted by atomic mass is 9.63. The van der Waals surface area contributed by atoms with Crippen molar-refractivity contribution in [1.82, 2.24) is 4.90 Å². The van der Waals surface area contributed by atoms with Gasteiger partial charge in [-0.3, -0.25) is 4.79 Å². The molecule has 3 heteroatoms. The molecule has 1 N–H and O–H groups in total. The van der Waals surface area contributed by atoms with E-state index < -0.39 is 0 Å². The van der Waals surface area contributed by atoms with E-state index in [1.807, 2.05) is 42.3 Å². The van der Waals surface area contributed by atoms with E-state index >= 15 is 0 Å². The minimum absolute atomic E-state index is 0.0472. The maximum Gasteiger partial charge on any atom is 0.254 e. The number of nitrogens with zero attached hydrogens (tertiary/aromatic N) is 1. The summed E-state index contributed by atoms with van der Waals surface area (Å²) in [6, 6.07) is 9.43. The molecular formula is C18H25NO2. The normalized spacial score (nSPS) is 36.7. The van der Waals surface area contributed by atoms with Crippen molar-refractivity contribution >= 4 is 5.91 Å². The van der Waals surface area contributed by atoms with Crippen LogP contribution in [0.1, 0.15) is 44.0 Å². The molecule has 0 aliphatic heterocycles. The van der Waals surface area contributed by atoms with Crippen LogP contribution >= 0.6 is 0 Å². The maximum atomic E-state index is 12.9. The number of amides is 1. The van der Waals surface area contributed by atoms with Crippen molar-refractivity contribution in [3.05, 3.63) is 35.9 Å². The third kappa shape index (κ3) is 1.73. The summed E-state index contributed by atoms with van der Waals surface area (Å²) in [5, 5.41) is 10.6. The Bertz CT molecular complexity index is 554. The molecule has 21 heavy (non-hydrogen) atoms. The van der Waals surface area contributed by atoms with Gasteiger partial charge in [-0.2, -0.15) is 0 Å². The van der Waals surface area contributed by atoms with Gasteiger partial charge < -0.3 is 10.0 Å². The first-order valence-electron chi connectivity index (χ1n) is 7.83. The average Bonchev–Trinajstić information content (AvgIpc) is 2.92. The van der Waals surface area contributed by atoms with Gasteiger partial charge in [0.15, 0.2) is 0 Å². The van der Waals surface area contributed by atoms with Crippen molar-refractivity contribution in [2.24, 2.45) is 17.3 Å². The third-order valence-electron chi connectivity index (χ3n) is 6.59. The van der Waals surface area contributed by atoms with Crippen molar-refractivity contribution in [3.8, 4) is 0 Å². The van der Waals surface area contributed by atoms with Crippen LogP contribution in [0.4, 0.5) is 0 Å². The van der Waals surface area contributed by atoms with Crippen LogP contribution in [0.5, 0.6) is 0 Å². The fourth-order valence-corrected chi connectivity index (χ4v) is 4.90. The summed E-state index contributed by atoms with van der Waals surface area (Å²) in [5.74, 6) is 0.514. The molecule has 3 rings (SSSR count). The Hall–Kier alpha value is -1.35. The van der Waals surface area contributed by atoms with Crippen LogP contribution in [0, 0.1) is 17.3 Å². The Balaban J connectivity index is 1.97. The number of hydrogen-bond donors (Lipinski definition) is 1. The predicted molar refractivity (Wildman–Crippen MR) is 82.9 cm³/mol. The Labute approximate surface area is 127 Å². The molecule has 3 nitrogen and oxygen atoms in total. The number of hydrogen-bond acceptors (Lipinski definition) is 2. The second kappa shape index (κ2) is 4.57. The Morgan fingerprint density at radius 2 is 1.71 bits per heavy atom. The molecular weight excluding hydrogens is 262 g/mol. The highest BCUT2D eigenvalue weighted by atomic mass is 16.3. The molecule has 0 unspecified atom stereocenters. The number of benzene rings is 1. The van der Waals surface area contributed by atoms with Crippen molar-refractivity contribution in [2.45, 2.75) is 45.3 Å². The Morgan fingerprint density at radius 1 is 1.14 bits per heavy atom. The van der Waals surface area contributed by atoms with Gasteiger partial charge >= 0.3 is 0 Å². The largest absolute Gasteiger partial charge is 0.392 e. The lowest BCUT2D eigenvalue weighted by molar-refractivity contribution is -0.0198. The lowest BCUT2D eigenvalue weighted by Gasteiger charge is -2.52. The minimum Gasteiger partial charge on any atom is -0.392 e. The summed E-state index contributed by atoms with van der Waals surface area (Å²) < 4.78 is 0. The molecule has 1 amide bonds. The van der Waals surface area contributed by atoms with E-state index in [1.54, 1.807) is 0 Å². The number of aliphatic hydroxyl groups is 1. The molecule has 1 aromatic rings. The van der Waals surface area contributed by atoms with Crippen molar-refractivity contribution in [1.29, 1.82) is 0 Å². The van der Waals surface area contributed by atoms with Gasteiger partial charge in [0.25, 0.3) is 5.91 Å². The van der Waals surface area contributed by atoms with E-state index in [4.69, 9.17) is 0 Å². The molecule has 2 aliphatic rings. The van der Waals surface area contributed by atoms with Gasteiger partial charge in [-0.15, -0.1) is 0 Å². The van der Waals surface area contributed by atoms with Crippen LogP contribution in [0.2, 0.25) is 0 Å². The zero-order chi connectivity index (χ0) is 15.4. The highest BCUT2D eigenvalue weighted by Gasteiger charge is 2.67. The summed E-state index contributed by atoms with van der Waals surface area (Å²) in [7, 11) is 1.89. The standard InChI is InChI=1S/C18H25NO2/c1-17(2)13-10-11-14(15(13)20)18(17,3)19(4)16(21)12-8-6-5-7-9-12/h5-9,13-15,20H,10-11H2,1-4H3/t13-,14-,15-,18+/m0/s1. The zero-order valence-corrected chi connectivity index (χ0v) is 13.3. The fraction of sp³-hybridized carbons (Fsp3) is 0.611. The van der Waals surface area contributed by atoms with Crippen molar-refractivity contribution in [3.63, 3.8) is 0 Å². The summed E-state index contributed by atoms with van der Waals surface area (Å²) in [6.07, 6.45) is 1.80. The van der Waals surface area contributed by atoms with Gasteiger partial charge in [-0.1, -0.05) is 32.0 Å². The second-order valence-corrected chi connectivity index (χ2v) is 7.38. The first kappa shape index (κ1) is 14.6. The summed E-state index contributed by atoms with van der Waals surface area (Å²) in [6.45, 7) is 6.56. The van der Waals surface area contributed by atoms with E-state index in [0.717, 1.165) is 12.8 Å². The molecule has 4 atom stereocenters. The van der Waals surface area contributed by atoms with Crippen LogP contribution in [-0.2, 0) is 0 Å². The molecule has 1 aromatic carbocycles.